The Morgan fingerprint density at radius 3 is 2.44 bits per heavy atom. The molecule has 1 amide bonds. The highest BCUT2D eigenvalue weighted by molar-refractivity contribution is 5.98. The van der Waals surface area contributed by atoms with E-state index in [1.54, 1.807) is 0 Å². The largest absolute Gasteiger partial charge is 0.338 e. The van der Waals surface area contributed by atoms with Gasteiger partial charge in [0, 0.05) is 24.6 Å². The van der Waals surface area contributed by atoms with Crippen molar-refractivity contribution in [2.75, 3.05) is 7.05 Å². The van der Waals surface area contributed by atoms with Crippen LogP contribution in [0.2, 0.25) is 0 Å². The Balaban J connectivity index is 2.45. The van der Waals surface area contributed by atoms with Gasteiger partial charge in [0.25, 0.3) is 0 Å². The molecule has 2 heteroatoms. The molecule has 2 rings (SSSR count). The fourth-order valence-electron chi connectivity index (χ4n) is 2.43. The van der Waals surface area contributed by atoms with E-state index in [9.17, 15) is 4.79 Å². The van der Waals surface area contributed by atoms with E-state index in [4.69, 9.17) is 0 Å². The Kier molecular flexibility index (Phi) is 2.82. The summed E-state index contributed by atoms with van der Waals surface area (Å²) in [4.78, 5) is 13.8. The van der Waals surface area contributed by atoms with Gasteiger partial charge in [-0.2, -0.15) is 0 Å². The van der Waals surface area contributed by atoms with E-state index in [-0.39, 0.29) is 17.9 Å². The first-order valence-corrected chi connectivity index (χ1v) is 5.65. The zero-order valence-electron chi connectivity index (χ0n) is 9.97. The number of carbonyl (C=O) groups is 1. The van der Waals surface area contributed by atoms with E-state index >= 15 is 0 Å². The van der Waals surface area contributed by atoms with E-state index in [0.717, 1.165) is 5.57 Å². The predicted molar refractivity (Wildman–Crippen MR) is 65.2 cm³/mol. The molecule has 0 saturated carbocycles. The van der Waals surface area contributed by atoms with Crippen molar-refractivity contribution in [1.82, 2.24) is 4.90 Å². The first kappa shape index (κ1) is 10.9. The molecule has 0 N–H and O–H groups in total. The van der Waals surface area contributed by atoms with Crippen LogP contribution in [0.3, 0.4) is 0 Å². The van der Waals surface area contributed by atoms with Crippen LogP contribution in [0.15, 0.2) is 42.0 Å². The minimum absolute atomic E-state index is 0.156. The molecule has 1 aromatic rings. The summed E-state index contributed by atoms with van der Waals surface area (Å²) in [6.45, 7) is 4.04. The van der Waals surface area contributed by atoms with E-state index < -0.39 is 0 Å². The molecule has 1 saturated heterocycles. The number of amides is 1. The highest BCUT2D eigenvalue weighted by Gasteiger charge is 2.39. The van der Waals surface area contributed by atoms with Crippen LogP contribution in [0.5, 0.6) is 0 Å². The van der Waals surface area contributed by atoms with E-state index in [2.05, 4.69) is 19.1 Å². The molecule has 0 aromatic heterocycles. The minimum atomic E-state index is 0.156. The second-order valence-electron chi connectivity index (χ2n) is 4.29. The number of hydrogen-bond donors (Lipinski definition) is 0. The lowest BCUT2D eigenvalue weighted by Crippen LogP contribution is -2.27. The quantitative estimate of drug-likeness (QED) is 0.659. The smallest absolute Gasteiger partial charge is 0.250 e. The molecular formula is C14H17NO. The first-order chi connectivity index (χ1) is 7.66. The molecule has 0 bridgehead atoms. The molecule has 0 radical (unpaired) electrons. The predicted octanol–water partition coefficient (Wildman–Crippen LogP) is 2.58. The van der Waals surface area contributed by atoms with Gasteiger partial charge < -0.3 is 4.90 Å². The highest BCUT2D eigenvalue weighted by atomic mass is 16.2. The van der Waals surface area contributed by atoms with Gasteiger partial charge in [0.2, 0.25) is 5.91 Å². The van der Waals surface area contributed by atoms with Crippen molar-refractivity contribution in [2.24, 2.45) is 0 Å². The van der Waals surface area contributed by atoms with Gasteiger partial charge in [-0.25, -0.2) is 0 Å². The van der Waals surface area contributed by atoms with Gasteiger partial charge >= 0.3 is 0 Å². The average Bonchev–Trinajstić information content (AvgIpc) is 2.54. The summed E-state index contributed by atoms with van der Waals surface area (Å²) in [5.74, 6) is 0.368. The van der Waals surface area contributed by atoms with Gasteiger partial charge in [0.1, 0.15) is 0 Å². The lowest BCUT2D eigenvalue weighted by atomic mass is 9.89. The Bertz CT molecular complexity index is 422. The lowest BCUT2D eigenvalue weighted by Gasteiger charge is -2.20. The van der Waals surface area contributed by atoms with Gasteiger partial charge in [-0.05, 0) is 19.4 Å². The topological polar surface area (TPSA) is 20.3 Å². The number of carbonyl (C=O) groups excluding carboxylic acids is 1. The maximum absolute atomic E-state index is 12.0. The maximum Gasteiger partial charge on any atom is 0.250 e. The van der Waals surface area contributed by atoms with Crippen molar-refractivity contribution >= 4 is 5.91 Å². The Labute approximate surface area is 96.6 Å². The van der Waals surface area contributed by atoms with Crippen LogP contribution in [0.25, 0.3) is 0 Å². The van der Waals surface area contributed by atoms with Crippen molar-refractivity contribution < 1.29 is 4.79 Å². The van der Waals surface area contributed by atoms with Crippen LogP contribution in [0.4, 0.5) is 0 Å². The number of rotatable bonds is 1. The third kappa shape index (κ3) is 1.54. The number of nitrogens with zero attached hydrogens (tertiary/aromatic N) is 1. The SMILES string of the molecule is C/C=C1/C(=O)N(C)[C@@H](C)[C@@H]1c1ccccc1. The molecule has 84 valence electrons. The summed E-state index contributed by atoms with van der Waals surface area (Å²) in [5.41, 5.74) is 2.14. The van der Waals surface area contributed by atoms with Crippen LogP contribution in [-0.4, -0.2) is 23.9 Å². The number of likely N-dealkylation sites (tertiary alicyclic amines) is 1. The molecule has 0 unspecified atom stereocenters. The second kappa shape index (κ2) is 4.12. The van der Waals surface area contributed by atoms with Crippen molar-refractivity contribution in [3.05, 3.63) is 47.5 Å². The van der Waals surface area contributed by atoms with E-state index in [1.165, 1.54) is 5.56 Å². The van der Waals surface area contributed by atoms with Crippen molar-refractivity contribution in [2.45, 2.75) is 25.8 Å². The zero-order valence-corrected chi connectivity index (χ0v) is 9.97. The van der Waals surface area contributed by atoms with Crippen molar-refractivity contribution in [3.8, 4) is 0 Å². The van der Waals surface area contributed by atoms with E-state index in [1.807, 2.05) is 43.1 Å². The summed E-state index contributed by atoms with van der Waals surface area (Å²) in [7, 11) is 1.87. The molecule has 1 heterocycles. The molecule has 1 fully saturated rings. The molecule has 1 aromatic carbocycles. The second-order valence-corrected chi connectivity index (χ2v) is 4.29. The third-order valence-electron chi connectivity index (χ3n) is 3.47. The van der Waals surface area contributed by atoms with Crippen LogP contribution in [0, 0.1) is 0 Å². The third-order valence-corrected chi connectivity index (χ3v) is 3.47. The molecule has 0 spiro atoms. The summed E-state index contributed by atoms with van der Waals surface area (Å²) in [6, 6.07) is 10.5. The number of hydrogen-bond acceptors (Lipinski definition) is 1. The average molecular weight is 215 g/mol. The summed E-state index contributed by atoms with van der Waals surface area (Å²) in [5, 5.41) is 0. The van der Waals surface area contributed by atoms with Gasteiger partial charge in [-0.1, -0.05) is 36.4 Å². The van der Waals surface area contributed by atoms with Gasteiger partial charge in [0.15, 0.2) is 0 Å². The fourth-order valence-corrected chi connectivity index (χ4v) is 2.43. The maximum atomic E-state index is 12.0. The normalized spacial score (nSPS) is 27.8. The van der Waals surface area contributed by atoms with Crippen LogP contribution in [-0.2, 0) is 4.79 Å². The molecule has 1 aliphatic heterocycles. The Morgan fingerprint density at radius 1 is 1.25 bits per heavy atom. The first-order valence-electron chi connectivity index (χ1n) is 5.65. The van der Waals surface area contributed by atoms with Gasteiger partial charge in [0.05, 0.1) is 0 Å². The van der Waals surface area contributed by atoms with E-state index in [0.29, 0.717) is 0 Å². The highest BCUT2D eigenvalue weighted by Crippen LogP contribution is 2.37. The standard InChI is InChI=1S/C14H17NO/c1-4-12-13(10(2)15(3)14(12)16)11-8-6-5-7-9-11/h4-10,13H,1-3H3/b12-4+/t10-,13+/m0/s1. The Hall–Kier alpha value is -1.57. The molecule has 2 nitrogen and oxygen atoms in total. The molecule has 2 atom stereocenters. The lowest BCUT2D eigenvalue weighted by molar-refractivity contribution is -0.124. The number of likely N-dealkylation sites (N-methyl/N-ethyl adjacent to an activating group) is 1. The van der Waals surface area contributed by atoms with Crippen LogP contribution >= 0.6 is 0 Å². The molecule has 1 aliphatic rings. The van der Waals surface area contributed by atoms with Crippen LogP contribution < -0.4 is 0 Å². The number of benzene rings is 1. The number of allylic oxidation sites excluding steroid dienone is 1. The fraction of sp³-hybridized carbons (Fsp3) is 0.357. The van der Waals surface area contributed by atoms with Crippen LogP contribution in [0.1, 0.15) is 25.3 Å². The zero-order chi connectivity index (χ0) is 11.7. The molecule has 0 aliphatic carbocycles. The van der Waals surface area contributed by atoms with Gasteiger partial charge in [-0.15, -0.1) is 0 Å². The van der Waals surface area contributed by atoms with Gasteiger partial charge in [-0.3, -0.25) is 4.79 Å². The summed E-state index contributed by atoms with van der Waals surface area (Å²) in [6.07, 6.45) is 1.94. The van der Waals surface area contributed by atoms with Crippen molar-refractivity contribution in [1.29, 1.82) is 0 Å². The Morgan fingerprint density at radius 2 is 1.88 bits per heavy atom. The summed E-state index contributed by atoms with van der Waals surface area (Å²) >= 11 is 0. The monoisotopic (exact) mass is 215 g/mol. The molecule has 16 heavy (non-hydrogen) atoms. The van der Waals surface area contributed by atoms with Crippen molar-refractivity contribution in [3.63, 3.8) is 0 Å². The minimum Gasteiger partial charge on any atom is -0.338 e. The summed E-state index contributed by atoms with van der Waals surface area (Å²) < 4.78 is 0. The molecular weight excluding hydrogens is 198 g/mol.